The number of halogens is 4. The van der Waals surface area contributed by atoms with Crippen LogP contribution in [0.5, 0.6) is 23.0 Å². The number of phenolic OH excluding ortho intramolecular Hbond substituents is 2. The Morgan fingerprint density at radius 1 is 0.393 bits per heavy atom. The molecule has 2 aromatic heterocycles. The summed E-state index contributed by atoms with van der Waals surface area (Å²) < 4.78 is 79.6. The summed E-state index contributed by atoms with van der Waals surface area (Å²) in [6.07, 6.45) is 3.24. The molecule has 6 nitrogen and oxygen atoms in total. The van der Waals surface area contributed by atoms with Gasteiger partial charge in [-0.2, -0.15) is 0 Å². The molecule has 8 aromatic carbocycles. The molecule has 0 spiro atoms. The maximum Gasteiger partial charge on any atom is 0.162 e. The molecule has 84 heavy (non-hydrogen) atoms. The first kappa shape index (κ1) is 58.1. The van der Waals surface area contributed by atoms with Crippen LogP contribution in [0.3, 0.4) is 0 Å². The van der Waals surface area contributed by atoms with Gasteiger partial charge < -0.3 is 28.8 Å². The predicted octanol–water partition coefficient (Wildman–Crippen LogP) is 20.3. The molecule has 0 amide bonds. The van der Waals surface area contributed by atoms with Gasteiger partial charge in [0, 0.05) is 55.9 Å². The smallest absolute Gasteiger partial charge is 0.162 e. The van der Waals surface area contributed by atoms with Crippen molar-refractivity contribution in [3.63, 3.8) is 0 Å². The second kappa shape index (κ2) is 21.1. The van der Waals surface area contributed by atoms with Crippen molar-refractivity contribution >= 4 is 43.6 Å². The van der Waals surface area contributed by atoms with E-state index in [0.29, 0.717) is 11.4 Å². The highest BCUT2D eigenvalue weighted by molar-refractivity contribution is 6.11. The summed E-state index contributed by atoms with van der Waals surface area (Å²) in [5, 5.41) is 29.3. The summed E-state index contributed by atoms with van der Waals surface area (Å²) in [7, 11) is 0. The van der Waals surface area contributed by atoms with Gasteiger partial charge in [-0.05, 0) is 178 Å². The van der Waals surface area contributed by atoms with Crippen molar-refractivity contribution < 1.29 is 37.2 Å². The van der Waals surface area contributed by atoms with Crippen LogP contribution >= 0.6 is 0 Å². The zero-order valence-electron chi connectivity index (χ0n) is 51.1. The molecular weight excluding hydrogens is 1060 g/mol. The van der Waals surface area contributed by atoms with Crippen LogP contribution in [-0.2, 0) is 21.7 Å². The average Bonchev–Trinajstić information content (AvgIpc) is 1.66. The maximum absolute atomic E-state index is 15.6. The highest BCUT2D eigenvalue weighted by Gasteiger charge is 2.31. The topological polar surface area (TPSA) is 68.8 Å². The lowest BCUT2D eigenvalue weighted by Gasteiger charge is -2.32. The fourth-order valence-electron chi connectivity index (χ4n) is 12.5. The minimum atomic E-state index is -1.09. The van der Waals surface area contributed by atoms with E-state index in [4.69, 9.17) is 9.47 Å². The first-order valence-corrected chi connectivity index (χ1v) is 29.6. The number of nitrogens with zero attached hydrogens (tertiary/aromatic N) is 2. The molecule has 11 rings (SSSR count). The van der Waals surface area contributed by atoms with E-state index in [2.05, 4.69) is 165 Å². The second-order valence-electron chi connectivity index (χ2n) is 27.9. The average molecular weight is 1140 g/mol. The van der Waals surface area contributed by atoms with Crippen LogP contribution in [0, 0.1) is 49.0 Å². The van der Waals surface area contributed by atoms with Crippen LogP contribution in [0.4, 0.5) is 17.6 Å². The van der Waals surface area contributed by atoms with Crippen LogP contribution in [0.15, 0.2) is 121 Å². The molecule has 2 atom stereocenters. The third-order valence-corrected chi connectivity index (χ3v) is 17.5. The third-order valence-electron chi connectivity index (χ3n) is 17.5. The van der Waals surface area contributed by atoms with Crippen molar-refractivity contribution in [2.24, 2.45) is 11.8 Å². The number of ether oxygens (including phenoxy) is 2. The summed E-state index contributed by atoms with van der Waals surface area (Å²) in [4.78, 5) is 0. The summed E-state index contributed by atoms with van der Waals surface area (Å²) in [6.45, 7) is 30.3. The Hall–Kier alpha value is -7.72. The van der Waals surface area contributed by atoms with Crippen LogP contribution in [0.1, 0.15) is 142 Å². The molecule has 0 bridgehead atoms. The number of fused-ring (bicyclic) bond motifs is 6. The molecule has 1 saturated carbocycles. The van der Waals surface area contributed by atoms with Gasteiger partial charge >= 0.3 is 0 Å². The number of phenols is 2. The van der Waals surface area contributed by atoms with E-state index in [0.717, 1.165) is 105 Å². The van der Waals surface area contributed by atoms with E-state index < -0.39 is 23.3 Å². The Morgan fingerprint density at radius 3 is 0.964 bits per heavy atom. The Morgan fingerprint density at radius 2 is 0.679 bits per heavy atom. The second-order valence-corrected chi connectivity index (χ2v) is 27.9. The molecule has 10 heteroatoms. The normalized spacial score (nSPS) is 15.5. The molecule has 1 unspecified atom stereocenters. The van der Waals surface area contributed by atoms with Gasteiger partial charge in [0.15, 0.2) is 23.3 Å². The monoisotopic (exact) mass is 1130 g/mol. The Bertz CT molecular complexity index is 3840. The lowest BCUT2D eigenvalue weighted by Crippen LogP contribution is -2.30. The van der Waals surface area contributed by atoms with E-state index in [1.165, 1.54) is 22.3 Å². The lowest BCUT2D eigenvalue weighted by atomic mass is 9.80. The Balaban J connectivity index is 0.922. The molecule has 1 fully saturated rings. The maximum atomic E-state index is 15.6. The van der Waals surface area contributed by atoms with Crippen LogP contribution < -0.4 is 9.47 Å². The number of aromatic hydroxyl groups is 2. The van der Waals surface area contributed by atoms with Gasteiger partial charge in [0.05, 0.1) is 46.7 Å². The van der Waals surface area contributed by atoms with Crippen molar-refractivity contribution in [2.45, 2.75) is 144 Å². The summed E-state index contributed by atoms with van der Waals surface area (Å²) >= 11 is 0. The van der Waals surface area contributed by atoms with Gasteiger partial charge in [-0.15, -0.1) is 0 Å². The fraction of sp³-hybridized carbons (Fsp3) is 0.351. The predicted molar refractivity (Wildman–Crippen MR) is 336 cm³/mol. The van der Waals surface area contributed by atoms with Crippen molar-refractivity contribution in [2.75, 3.05) is 13.2 Å². The highest BCUT2D eigenvalue weighted by Crippen LogP contribution is 2.48. The number of benzene rings is 8. The summed E-state index contributed by atoms with van der Waals surface area (Å²) in [5.41, 5.74) is 11.3. The van der Waals surface area contributed by atoms with Crippen LogP contribution in [-0.4, -0.2) is 32.6 Å². The van der Waals surface area contributed by atoms with Crippen LogP contribution in [0.25, 0.3) is 77.2 Å². The molecule has 0 saturated heterocycles. The number of aromatic nitrogens is 2. The number of aryl methyl sites for hydroxylation is 2. The fourth-order valence-corrected chi connectivity index (χ4v) is 12.5. The summed E-state index contributed by atoms with van der Waals surface area (Å²) in [5.74, 6) is -4.74. The first-order chi connectivity index (χ1) is 39.5. The number of hydrogen-bond donors (Lipinski definition) is 2. The van der Waals surface area contributed by atoms with E-state index in [9.17, 15) is 10.2 Å². The van der Waals surface area contributed by atoms with Crippen LogP contribution in [0.2, 0.25) is 0 Å². The zero-order valence-corrected chi connectivity index (χ0v) is 51.1. The first-order valence-electron chi connectivity index (χ1n) is 29.6. The van der Waals surface area contributed by atoms with Gasteiger partial charge in [-0.25, -0.2) is 17.6 Å². The van der Waals surface area contributed by atoms with E-state index in [1.54, 1.807) is 12.1 Å². The third kappa shape index (κ3) is 10.7. The molecule has 436 valence electrons. The Labute approximate surface area is 491 Å². The minimum Gasteiger partial charge on any atom is -0.505 e. The van der Waals surface area contributed by atoms with Gasteiger partial charge in [-0.3, -0.25) is 0 Å². The zero-order chi connectivity index (χ0) is 60.3. The van der Waals surface area contributed by atoms with E-state index in [-0.39, 0.29) is 92.0 Å². The van der Waals surface area contributed by atoms with Gasteiger partial charge in [0.25, 0.3) is 0 Å². The Kier molecular flexibility index (Phi) is 14.6. The van der Waals surface area contributed by atoms with Crippen molar-refractivity contribution in [1.29, 1.82) is 0 Å². The van der Waals surface area contributed by atoms with Crippen molar-refractivity contribution in [1.82, 2.24) is 9.13 Å². The molecule has 0 aliphatic heterocycles. The van der Waals surface area contributed by atoms with E-state index >= 15 is 17.6 Å². The van der Waals surface area contributed by atoms with Gasteiger partial charge in [-0.1, -0.05) is 120 Å². The number of rotatable bonds is 10. The van der Waals surface area contributed by atoms with Gasteiger partial charge in [0.1, 0.15) is 23.0 Å². The molecule has 2 heterocycles. The molecule has 2 N–H and O–H groups in total. The molecular formula is C74H78F4N2O4. The van der Waals surface area contributed by atoms with Crippen molar-refractivity contribution in [3.8, 4) is 56.6 Å². The van der Waals surface area contributed by atoms with E-state index in [1.807, 2.05) is 26.0 Å². The lowest BCUT2D eigenvalue weighted by molar-refractivity contribution is 0.105. The number of hydrogen-bond acceptors (Lipinski definition) is 4. The highest BCUT2D eigenvalue weighted by atomic mass is 19.2. The standard InChI is InChI=1S/C74H78F4N2O4/c1-41-27-55(69(81)65(29-41)79-61-23-19-45(71(3,4)5)31-49(61)50-32-46(72(6,7)8)20-24-62(50)79)53-35-57(75)59(77)37-67(53)83-39-43-17-15-16-18-44(43)40-84-68-38-60(78)58(76)36-54(68)56-28-42(2)30-66(70(56)82)80-63-25-21-47(73(9,10)11)33-51(63)52-34-48(74(12,13)14)22-26-64(52)80/h19-38,43-44,81-82H,15-18,39-40H2,1-14H3/t43-,44?/m1/s1. The SMILES string of the molecule is Cc1cc(-c2cc(F)c(F)cc2OCC2CCCC[C@@H]2COc2cc(F)c(F)cc2-c2cc(C)cc(-n3c4ccc(C(C)(C)C)cc4c4cc(C(C)(C)C)ccc43)c2O)c(O)c(-n2c3ccc(C(C)(C)C)cc3c3cc(C(C)(C)C)ccc32)c1. The molecule has 1 aliphatic rings. The summed E-state index contributed by atoms with van der Waals surface area (Å²) in [6, 6.07) is 37.4. The molecule has 1 aliphatic carbocycles. The van der Waals surface area contributed by atoms with Gasteiger partial charge in [0.2, 0.25) is 0 Å². The van der Waals surface area contributed by atoms with Crippen molar-refractivity contribution in [3.05, 3.63) is 178 Å². The molecule has 0 radical (unpaired) electrons. The largest absolute Gasteiger partial charge is 0.505 e. The quantitative estimate of drug-likeness (QED) is 0.134. The minimum absolute atomic E-state index is 0.0685. The molecule has 10 aromatic rings.